The van der Waals surface area contributed by atoms with Gasteiger partial charge in [-0.15, -0.1) is 0 Å². The van der Waals surface area contributed by atoms with Crippen LogP contribution in [0.5, 0.6) is 0 Å². The Hall–Kier alpha value is 0.270. The Bertz CT molecular complexity index is 192. The first-order chi connectivity index (χ1) is 7.68. The molecule has 1 aliphatic heterocycles. The normalized spacial score (nSPS) is 25.9. The number of nitrogens with zero attached hydrogens (tertiary/aromatic N) is 1. The van der Waals surface area contributed by atoms with Gasteiger partial charge in [0.1, 0.15) is 0 Å². The Morgan fingerprint density at radius 3 is 2.62 bits per heavy atom. The van der Waals surface area contributed by atoms with Crippen molar-refractivity contribution in [3.8, 4) is 0 Å². The predicted molar refractivity (Wildman–Crippen MR) is 75.3 cm³/mol. The van der Waals surface area contributed by atoms with Gasteiger partial charge in [0.05, 0.1) is 0 Å². The number of nitrogens with one attached hydrogen (secondary N) is 1. The van der Waals surface area contributed by atoms with E-state index in [1.807, 2.05) is 11.8 Å². The fourth-order valence-corrected chi connectivity index (χ4v) is 3.16. The standard InChI is InChI=1S/C13H28N2S/c1-5-13(6-2)11-14-12(3)10-15(13)8-7-9-16-4/h12,14H,5-11H2,1-4H3. The fraction of sp³-hybridized carbons (Fsp3) is 1.00. The van der Waals surface area contributed by atoms with Crippen molar-refractivity contribution in [3.05, 3.63) is 0 Å². The first-order valence-corrected chi connectivity index (χ1v) is 8.05. The minimum atomic E-state index is 0.422. The first kappa shape index (κ1) is 14.3. The highest BCUT2D eigenvalue weighted by atomic mass is 32.2. The summed E-state index contributed by atoms with van der Waals surface area (Å²) in [6.45, 7) is 10.6. The Kier molecular flexibility index (Phi) is 6.16. The van der Waals surface area contributed by atoms with Crippen LogP contribution in [0.3, 0.4) is 0 Å². The van der Waals surface area contributed by atoms with Crippen LogP contribution in [0.1, 0.15) is 40.0 Å². The van der Waals surface area contributed by atoms with Crippen LogP contribution in [-0.4, -0.2) is 48.1 Å². The van der Waals surface area contributed by atoms with Crippen LogP contribution in [0.2, 0.25) is 0 Å². The average Bonchev–Trinajstić information content (AvgIpc) is 2.31. The van der Waals surface area contributed by atoms with Crippen molar-refractivity contribution >= 4 is 11.8 Å². The summed E-state index contributed by atoms with van der Waals surface area (Å²) in [7, 11) is 0. The van der Waals surface area contributed by atoms with Gasteiger partial charge in [-0.05, 0) is 44.7 Å². The monoisotopic (exact) mass is 244 g/mol. The zero-order chi connectivity index (χ0) is 12.0. The third-order valence-corrected chi connectivity index (χ3v) is 4.73. The van der Waals surface area contributed by atoms with E-state index in [1.54, 1.807) is 0 Å². The molecule has 0 aromatic rings. The molecule has 0 spiro atoms. The zero-order valence-corrected chi connectivity index (χ0v) is 12.2. The summed E-state index contributed by atoms with van der Waals surface area (Å²) in [5, 5.41) is 3.65. The highest BCUT2D eigenvalue weighted by Crippen LogP contribution is 2.27. The highest BCUT2D eigenvalue weighted by molar-refractivity contribution is 7.98. The molecule has 96 valence electrons. The van der Waals surface area contributed by atoms with E-state index in [0.717, 1.165) is 0 Å². The second-order valence-electron chi connectivity index (χ2n) is 5.01. The van der Waals surface area contributed by atoms with Crippen LogP contribution in [0.4, 0.5) is 0 Å². The van der Waals surface area contributed by atoms with Gasteiger partial charge in [0.25, 0.3) is 0 Å². The summed E-state index contributed by atoms with van der Waals surface area (Å²) in [6, 6.07) is 0.653. The van der Waals surface area contributed by atoms with Crippen LogP contribution in [-0.2, 0) is 0 Å². The van der Waals surface area contributed by atoms with Crippen LogP contribution < -0.4 is 5.32 Å². The van der Waals surface area contributed by atoms with Gasteiger partial charge in [-0.3, -0.25) is 4.90 Å². The summed E-state index contributed by atoms with van der Waals surface area (Å²) in [5.41, 5.74) is 0.422. The van der Waals surface area contributed by atoms with Gasteiger partial charge in [-0.2, -0.15) is 11.8 Å². The quantitative estimate of drug-likeness (QED) is 0.723. The molecule has 1 N–H and O–H groups in total. The number of hydrogen-bond donors (Lipinski definition) is 1. The SMILES string of the molecule is CCC1(CC)CNC(C)CN1CCCSC. The van der Waals surface area contributed by atoms with Crippen molar-refractivity contribution in [2.75, 3.05) is 31.6 Å². The lowest BCUT2D eigenvalue weighted by Crippen LogP contribution is -2.63. The lowest BCUT2D eigenvalue weighted by Gasteiger charge is -2.49. The highest BCUT2D eigenvalue weighted by Gasteiger charge is 2.37. The number of rotatable bonds is 6. The van der Waals surface area contributed by atoms with Gasteiger partial charge < -0.3 is 5.32 Å². The van der Waals surface area contributed by atoms with E-state index in [2.05, 4.69) is 37.2 Å². The number of thioether (sulfide) groups is 1. The molecule has 1 atom stereocenters. The molecule has 0 aromatic carbocycles. The Labute approximate surface area is 106 Å². The molecule has 1 saturated heterocycles. The molecule has 0 radical (unpaired) electrons. The Morgan fingerprint density at radius 1 is 1.38 bits per heavy atom. The van der Waals surface area contributed by atoms with E-state index in [4.69, 9.17) is 0 Å². The molecule has 1 fully saturated rings. The van der Waals surface area contributed by atoms with E-state index < -0.39 is 0 Å². The molecule has 2 nitrogen and oxygen atoms in total. The van der Waals surface area contributed by atoms with E-state index in [0.29, 0.717) is 11.6 Å². The van der Waals surface area contributed by atoms with Crippen LogP contribution in [0.15, 0.2) is 0 Å². The molecule has 0 amide bonds. The van der Waals surface area contributed by atoms with Crippen molar-refractivity contribution in [1.82, 2.24) is 10.2 Å². The topological polar surface area (TPSA) is 15.3 Å². The van der Waals surface area contributed by atoms with Gasteiger partial charge in [0.2, 0.25) is 0 Å². The van der Waals surface area contributed by atoms with Crippen molar-refractivity contribution in [3.63, 3.8) is 0 Å². The van der Waals surface area contributed by atoms with E-state index in [1.165, 1.54) is 44.6 Å². The lowest BCUT2D eigenvalue weighted by molar-refractivity contribution is 0.0354. The maximum absolute atomic E-state index is 3.65. The average molecular weight is 244 g/mol. The van der Waals surface area contributed by atoms with Crippen molar-refractivity contribution in [2.24, 2.45) is 0 Å². The molecule has 16 heavy (non-hydrogen) atoms. The smallest absolute Gasteiger partial charge is 0.0329 e. The van der Waals surface area contributed by atoms with Gasteiger partial charge in [0, 0.05) is 24.7 Å². The summed E-state index contributed by atoms with van der Waals surface area (Å²) < 4.78 is 0. The number of piperazine rings is 1. The maximum atomic E-state index is 3.65. The van der Waals surface area contributed by atoms with E-state index >= 15 is 0 Å². The molecule has 0 aliphatic carbocycles. The van der Waals surface area contributed by atoms with E-state index in [9.17, 15) is 0 Å². The van der Waals surface area contributed by atoms with Gasteiger partial charge in [0.15, 0.2) is 0 Å². The molecular formula is C13H28N2S. The first-order valence-electron chi connectivity index (χ1n) is 6.66. The van der Waals surface area contributed by atoms with Crippen molar-refractivity contribution in [1.29, 1.82) is 0 Å². The minimum absolute atomic E-state index is 0.422. The fourth-order valence-electron chi connectivity index (χ4n) is 2.74. The van der Waals surface area contributed by atoms with E-state index in [-0.39, 0.29) is 0 Å². The molecule has 1 rings (SSSR count). The number of hydrogen-bond acceptors (Lipinski definition) is 3. The lowest BCUT2D eigenvalue weighted by atomic mass is 9.87. The second-order valence-corrected chi connectivity index (χ2v) is 5.99. The Morgan fingerprint density at radius 2 is 2.06 bits per heavy atom. The molecule has 0 saturated carbocycles. The summed E-state index contributed by atoms with van der Waals surface area (Å²) in [6.07, 6.45) is 6.06. The minimum Gasteiger partial charge on any atom is -0.311 e. The molecule has 1 aliphatic rings. The van der Waals surface area contributed by atoms with Crippen LogP contribution in [0.25, 0.3) is 0 Å². The van der Waals surface area contributed by atoms with Crippen molar-refractivity contribution in [2.45, 2.75) is 51.6 Å². The van der Waals surface area contributed by atoms with Gasteiger partial charge >= 0.3 is 0 Å². The maximum Gasteiger partial charge on any atom is 0.0329 e. The molecule has 3 heteroatoms. The molecule has 0 aromatic heterocycles. The summed E-state index contributed by atoms with van der Waals surface area (Å²) in [5.74, 6) is 1.29. The van der Waals surface area contributed by atoms with Gasteiger partial charge in [-0.1, -0.05) is 13.8 Å². The van der Waals surface area contributed by atoms with Crippen LogP contribution in [0, 0.1) is 0 Å². The van der Waals surface area contributed by atoms with Gasteiger partial charge in [-0.25, -0.2) is 0 Å². The van der Waals surface area contributed by atoms with Crippen molar-refractivity contribution < 1.29 is 0 Å². The molecule has 1 heterocycles. The second kappa shape index (κ2) is 6.87. The largest absolute Gasteiger partial charge is 0.311 e. The zero-order valence-electron chi connectivity index (χ0n) is 11.4. The summed E-state index contributed by atoms with van der Waals surface area (Å²) >= 11 is 1.96. The molecule has 1 unspecified atom stereocenters. The predicted octanol–water partition coefficient (Wildman–Crippen LogP) is 2.59. The van der Waals surface area contributed by atoms with Crippen LogP contribution >= 0.6 is 11.8 Å². The third-order valence-electron chi connectivity index (χ3n) is 4.04. The molecular weight excluding hydrogens is 216 g/mol. The summed E-state index contributed by atoms with van der Waals surface area (Å²) in [4.78, 5) is 2.74. The molecule has 0 bridgehead atoms. The third kappa shape index (κ3) is 3.38. The Balaban J connectivity index is 2.57.